The van der Waals surface area contributed by atoms with Crippen molar-refractivity contribution < 1.29 is 9.13 Å². The van der Waals surface area contributed by atoms with Gasteiger partial charge in [0.1, 0.15) is 17.4 Å². The third kappa shape index (κ3) is 4.63. The van der Waals surface area contributed by atoms with Crippen molar-refractivity contribution in [1.29, 1.82) is 0 Å². The Kier molecular flexibility index (Phi) is 6.24. The van der Waals surface area contributed by atoms with E-state index in [1.807, 2.05) is 30.5 Å². The van der Waals surface area contributed by atoms with Gasteiger partial charge in [-0.1, -0.05) is 12.1 Å². The van der Waals surface area contributed by atoms with Gasteiger partial charge in [-0.25, -0.2) is 9.18 Å². The van der Waals surface area contributed by atoms with E-state index < -0.39 is 5.82 Å². The van der Waals surface area contributed by atoms with E-state index in [0.717, 1.165) is 37.3 Å². The van der Waals surface area contributed by atoms with Crippen LogP contribution in [0, 0.1) is 5.82 Å². The molecule has 1 aliphatic rings. The van der Waals surface area contributed by atoms with Gasteiger partial charge in [-0.05, 0) is 35.4 Å². The zero-order chi connectivity index (χ0) is 23.5. The quantitative estimate of drug-likeness (QED) is 0.436. The highest BCUT2D eigenvalue weighted by Crippen LogP contribution is 2.20. The number of piperazine rings is 1. The van der Waals surface area contributed by atoms with Crippen LogP contribution in [0.3, 0.4) is 0 Å². The Hall–Kier alpha value is -3.76. The van der Waals surface area contributed by atoms with Crippen molar-refractivity contribution in [3.8, 4) is 22.6 Å². The molecule has 0 unspecified atom stereocenters. The van der Waals surface area contributed by atoms with Crippen LogP contribution < -0.4 is 15.7 Å². The molecule has 0 saturated carbocycles. The average molecular weight is 464 g/mol. The van der Waals surface area contributed by atoms with E-state index in [4.69, 9.17) is 4.74 Å². The van der Waals surface area contributed by atoms with Crippen LogP contribution in [0.4, 0.5) is 4.39 Å². The molecule has 1 aliphatic heterocycles. The highest BCUT2D eigenvalue weighted by Gasteiger charge is 2.19. The van der Waals surface area contributed by atoms with Crippen molar-refractivity contribution >= 4 is 0 Å². The van der Waals surface area contributed by atoms with Gasteiger partial charge >= 0.3 is 5.69 Å². The molecule has 0 bridgehead atoms. The second-order valence-electron chi connectivity index (χ2n) is 8.26. The molecule has 0 spiro atoms. The summed E-state index contributed by atoms with van der Waals surface area (Å²) < 4.78 is 22.3. The Balaban J connectivity index is 1.51. The van der Waals surface area contributed by atoms with E-state index in [1.54, 1.807) is 16.8 Å². The number of aromatic amines is 1. The van der Waals surface area contributed by atoms with Gasteiger partial charge in [-0.15, -0.1) is 5.10 Å². The lowest BCUT2D eigenvalue weighted by Gasteiger charge is -2.26. The van der Waals surface area contributed by atoms with Crippen LogP contribution in [0.5, 0.6) is 5.75 Å². The standard InChI is InChI=1S/C24H26FN7O2/c1-34-22-11-17(10-20(25)12-22)15-31-23(16-30-8-6-26-7-9-30)29-32(24(31)33)21-4-2-18(3-5-21)19-13-27-28-14-19/h2-5,10-14,26H,6-9,15-16H2,1H3,(H,27,28). The third-order valence-electron chi connectivity index (χ3n) is 5.96. The highest BCUT2D eigenvalue weighted by molar-refractivity contribution is 5.62. The molecule has 0 amide bonds. The van der Waals surface area contributed by atoms with E-state index in [-0.39, 0.29) is 12.2 Å². The summed E-state index contributed by atoms with van der Waals surface area (Å²) in [5.74, 6) is 0.635. The Morgan fingerprint density at radius 1 is 1.06 bits per heavy atom. The molecular weight excluding hydrogens is 437 g/mol. The number of ether oxygens (including phenoxy) is 1. The molecule has 1 saturated heterocycles. The van der Waals surface area contributed by atoms with Gasteiger partial charge < -0.3 is 10.1 Å². The molecule has 2 aromatic carbocycles. The number of hydrogen-bond acceptors (Lipinski definition) is 6. The second kappa shape index (κ2) is 9.62. The number of H-pyrrole nitrogens is 1. The number of rotatable bonds is 7. The smallest absolute Gasteiger partial charge is 0.351 e. The molecule has 4 aromatic rings. The summed E-state index contributed by atoms with van der Waals surface area (Å²) in [4.78, 5) is 15.7. The van der Waals surface area contributed by atoms with Crippen molar-refractivity contribution in [3.63, 3.8) is 0 Å². The van der Waals surface area contributed by atoms with Gasteiger partial charge in [0.2, 0.25) is 0 Å². The maximum Gasteiger partial charge on any atom is 0.351 e. The molecule has 2 N–H and O–H groups in total. The number of benzene rings is 2. The van der Waals surface area contributed by atoms with Crippen LogP contribution in [-0.4, -0.2) is 62.7 Å². The van der Waals surface area contributed by atoms with Crippen molar-refractivity contribution in [2.24, 2.45) is 0 Å². The third-order valence-corrected chi connectivity index (χ3v) is 5.96. The molecule has 0 atom stereocenters. The average Bonchev–Trinajstić information content (AvgIpc) is 3.49. The molecule has 9 nitrogen and oxygen atoms in total. The summed E-state index contributed by atoms with van der Waals surface area (Å²) in [6.45, 7) is 4.25. The lowest BCUT2D eigenvalue weighted by Crippen LogP contribution is -2.43. The van der Waals surface area contributed by atoms with Crippen molar-refractivity contribution in [1.82, 2.24) is 34.8 Å². The first kappa shape index (κ1) is 22.1. The molecule has 176 valence electrons. The van der Waals surface area contributed by atoms with Crippen LogP contribution in [-0.2, 0) is 13.1 Å². The summed E-state index contributed by atoms with van der Waals surface area (Å²) in [7, 11) is 1.49. The molecule has 2 aromatic heterocycles. The number of nitrogens with one attached hydrogen (secondary N) is 2. The van der Waals surface area contributed by atoms with E-state index in [1.165, 1.54) is 23.9 Å². The highest BCUT2D eigenvalue weighted by atomic mass is 19.1. The van der Waals surface area contributed by atoms with Gasteiger partial charge in [-0.2, -0.15) is 9.78 Å². The topological polar surface area (TPSA) is 93.0 Å². The second-order valence-corrected chi connectivity index (χ2v) is 8.26. The Bertz CT molecular complexity index is 1310. The number of nitrogens with zero attached hydrogens (tertiary/aromatic N) is 5. The van der Waals surface area contributed by atoms with Crippen LogP contribution >= 0.6 is 0 Å². The minimum atomic E-state index is -0.409. The fraction of sp³-hybridized carbons (Fsp3) is 0.292. The summed E-state index contributed by atoms with van der Waals surface area (Å²) >= 11 is 0. The van der Waals surface area contributed by atoms with E-state index in [9.17, 15) is 9.18 Å². The molecule has 3 heterocycles. The van der Waals surface area contributed by atoms with Crippen LogP contribution in [0.2, 0.25) is 0 Å². The van der Waals surface area contributed by atoms with Crippen molar-refractivity contribution in [2.75, 3.05) is 33.3 Å². The van der Waals surface area contributed by atoms with Gasteiger partial charge in [0, 0.05) is 44.0 Å². The monoisotopic (exact) mass is 463 g/mol. The predicted molar refractivity (Wildman–Crippen MR) is 126 cm³/mol. The maximum absolute atomic E-state index is 14.1. The molecule has 1 fully saturated rings. The Morgan fingerprint density at radius 3 is 2.56 bits per heavy atom. The van der Waals surface area contributed by atoms with Crippen molar-refractivity contribution in [3.05, 3.63) is 82.5 Å². The first-order valence-electron chi connectivity index (χ1n) is 11.2. The molecule has 0 aliphatic carbocycles. The molecule has 5 rings (SSSR count). The zero-order valence-corrected chi connectivity index (χ0v) is 18.9. The Morgan fingerprint density at radius 2 is 1.85 bits per heavy atom. The minimum absolute atomic E-state index is 0.196. The maximum atomic E-state index is 14.1. The van der Waals surface area contributed by atoms with Crippen LogP contribution in [0.15, 0.2) is 59.7 Å². The first-order chi connectivity index (χ1) is 16.6. The number of methoxy groups -OCH3 is 1. The zero-order valence-electron chi connectivity index (χ0n) is 18.9. The normalized spacial score (nSPS) is 14.4. The van der Waals surface area contributed by atoms with Crippen LogP contribution in [0.25, 0.3) is 16.8 Å². The fourth-order valence-corrected chi connectivity index (χ4v) is 4.17. The van der Waals surface area contributed by atoms with E-state index >= 15 is 0 Å². The lowest BCUT2D eigenvalue weighted by molar-refractivity contribution is 0.225. The lowest BCUT2D eigenvalue weighted by atomic mass is 10.1. The molecule has 10 heteroatoms. The van der Waals surface area contributed by atoms with E-state index in [0.29, 0.717) is 29.4 Å². The number of hydrogen-bond donors (Lipinski definition) is 2. The summed E-state index contributed by atoms with van der Waals surface area (Å²) in [5, 5.41) is 14.8. The minimum Gasteiger partial charge on any atom is -0.497 e. The summed E-state index contributed by atoms with van der Waals surface area (Å²) in [5.41, 5.74) is 2.97. The summed E-state index contributed by atoms with van der Waals surface area (Å²) in [6, 6.07) is 12.1. The number of aromatic nitrogens is 5. The molecule has 0 radical (unpaired) electrons. The molecule has 34 heavy (non-hydrogen) atoms. The van der Waals surface area contributed by atoms with Gasteiger partial charge in [0.25, 0.3) is 0 Å². The largest absolute Gasteiger partial charge is 0.497 e. The van der Waals surface area contributed by atoms with Crippen molar-refractivity contribution in [2.45, 2.75) is 13.1 Å². The predicted octanol–water partition coefficient (Wildman–Crippen LogP) is 2.03. The van der Waals surface area contributed by atoms with Crippen LogP contribution in [0.1, 0.15) is 11.4 Å². The van der Waals surface area contributed by atoms with Gasteiger partial charge in [0.05, 0.1) is 32.1 Å². The van der Waals surface area contributed by atoms with Gasteiger partial charge in [0.15, 0.2) is 0 Å². The fourth-order valence-electron chi connectivity index (χ4n) is 4.17. The summed E-state index contributed by atoms with van der Waals surface area (Å²) in [6.07, 6.45) is 3.56. The van der Waals surface area contributed by atoms with E-state index in [2.05, 4.69) is 25.5 Å². The number of halogens is 1. The first-order valence-corrected chi connectivity index (χ1v) is 11.2. The Labute approximate surface area is 195 Å². The molecular formula is C24H26FN7O2. The van der Waals surface area contributed by atoms with Gasteiger partial charge in [-0.3, -0.25) is 14.6 Å². The SMILES string of the molecule is COc1cc(F)cc(Cn2c(CN3CCNCC3)nn(-c3ccc(-c4cn[nH]c4)cc3)c2=O)c1.